The number of benzene rings is 2. The molecule has 0 bridgehead atoms. The third-order valence-electron chi connectivity index (χ3n) is 5.77. The first-order valence-electron chi connectivity index (χ1n) is 11.0. The summed E-state index contributed by atoms with van der Waals surface area (Å²) in [7, 11) is -3.88. The van der Waals surface area contributed by atoms with Crippen LogP contribution in [0.4, 0.5) is 5.69 Å². The lowest BCUT2D eigenvalue weighted by molar-refractivity contribution is 0.0945. The summed E-state index contributed by atoms with van der Waals surface area (Å²) in [4.78, 5) is 19.8. The third-order valence-corrected chi connectivity index (χ3v) is 7.15. The summed E-state index contributed by atoms with van der Waals surface area (Å²) in [5.74, 6) is -0.359. The molecule has 11 heteroatoms. The average molecular weight is 500 g/mol. The first-order valence-corrected chi connectivity index (χ1v) is 12.5. The molecule has 0 saturated carbocycles. The number of H-pyrrole nitrogens is 1. The number of carbonyl (C=O) groups excluding carboxylic acids is 1. The Kier molecular flexibility index (Phi) is 5.66. The normalized spacial score (nSPS) is 11.5. The Labute approximate surface area is 206 Å². The monoisotopic (exact) mass is 499 g/mol. The minimum Gasteiger partial charge on any atom is -0.358 e. The lowest BCUT2D eigenvalue weighted by Crippen LogP contribution is -2.23. The van der Waals surface area contributed by atoms with Crippen LogP contribution in [0.5, 0.6) is 0 Å². The van der Waals surface area contributed by atoms with Gasteiger partial charge >= 0.3 is 0 Å². The molecule has 3 N–H and O–H groups in total. The van der Waals surface area contributed by atoms with Crippen molar-refractivity contribution >= 4 is 38.2 Å². The van der Waals surface area contributed by atoms with Crippen molar-refractivity contribution in [2.45, 2.75) is 25.3 Å². The van der Waals surface area contributed by atoms with Gasteiger partial charge in [0.05, 0.1) is 21.7 Å². The van der Waals surface area contributed by atoms with Gasteiger partial charge in [-0.15, -0.1) is 0 Å². The van der Waals surface area contributed by atoms with E-state index in [4.69, 9.17) is 0 Å². The number of aromatic amines is 1. The van der Waals surface area contributed by atoms with Crippen LogP contribution in [0.2, 0.25) is 0 Å². The number of sulfonamides is 1. The Bertz CT molecular complexity index is 1780. The highest BCUT2D eigenvalue weighted by Crippen LogP contribution is 2.30. The van der Waals surface area contributed by atoms with Gasteiger partial charge in [0.1, 0.15) is 6.07 Å². The fourth-order valence-corrected chi connectivity index (χ4v) is 5.01. The number of fused-ring (bicyclic) bond motifs is 2. The Hall–Kier alpha value is -4.69. The summed E-state index contributed by atoms with van der Waals surface area (Å²) >= 11 is 0. The predicted octanol–water partition coefficient (Wildman–Crippen LogP) is 3.43. The molecule has 5 rings (SSSR count). The van der Waals surface area contributed by atoms with E-state index in [0.29, 0.717) is 27.8 Å². The van der Waals surface area contributed by atoms with E-state index in [1.807, 2.05) is 13.8 Å². The van der Waals surface area contributed by atoms with Gasteiger partial charge in [-0.2, -0.15) is 10.4 Å². The maximum Gasteiger partial charge on any atom is 0.272 e. The smallest absolute Gasteiger partial charge is 0.272 e. The number of nitriles is 1. The second-order valence-electron chi connectivity index (χ2n) is 8.39. The van der Waals surface area contributed by atoms with Gasteiger partial charge in [-0.3, -0.25) is 9.52 Å². The second-order valence-corrected chi connectivity index (χ2v) is 10.1. The van der Waals surface area contributed by atoms with Crippen molar-refractivity contribution in [2.24, 2.45) is 0 Å². The van der Waals surface area contributed by atoms with Crippen molar-refractivity contribution in [2.75, 3.05) is 4.72 Å². The number of nitrogens with zero attached hydrogens (tertiary/aromatic N) is 4. The maximum atomic E-state index is 13.0. The van der Waals surface area contributed by atoms with Crippen molar-refractivity contribution in [1.82, 2.24) is 24.9 Å². The molecule has 0 fully saturated rings. The number of nitrogens with one attached hydrogen (secondary N) is 3. The van der Waals surface area contributed by atoms with Crippen LogP contribution in [0.25, 0.3) is 16.6 Å². The molecule has 0 saturated heterocycles. The zero-order chi connectivity index (χ0) is 25.4. The number of amides is 1. The molecule has 3 heterocycles. The van der Waals surface area contributed by atoms with Crippen LogP contribution in [0.3, 0.4) is 0 Å². The first-order chi connectivity index (χ1) is 17.2. The number of hydrogen-bond acceptors (Lipinski definition) is 6. The molecule has 0 radical (unpaired) electrons. The van der Waals surface area contributed by atoms with E-state index in [1.165, 1.54) is 12.1 Å². The molecule has 0 aliphatic heterocycles. The van der Waals surface area contributed by atoms with Gasteiger partial charge in [-0.25, -0.2) is 17.9 Å². The van der Waals surface area contributed by atoms with Gasteiger partial charge in [0.25, 0.3) is 15.9 Å². The molecule has 1 amide bonds. The summed E-state index contributed by atoms with van der Waals surface area (Å²) in [5, 5.41) is 17.0. The van der Waals surface area contributed by atoms with E-state index in [2.05, 4.69) is 31.2 Å². The van der Waals surface area contributed by atoms with Crippen molar-refractivity contribution in [3.8, 4) is 6.07 Å². The summed E-state index contributed by atoms with van der Waals surface area (Å²) in [6.07, 6.45) is 5.04. The molecule has 0 atom stereocenters. The Morgan fingerprint density at radius 1 is 1.17 bits per heavy atom. The largest absolute Gasteiger partial charge is 0.358 e. The van der Waals surface area contributed by atoms with Crippen LogP contribution in [0, 0.1) is 25.2 Å². The Morgan fingerprint density at radius 3 is 2.69 bits per heavy atom. The van der Waals surface area contributed by atoms with E-state index in [9.17, 15) is 18.5 Å². The van der Waals surface area contributed by atoms with E-state index >= 15 is 0 Å². The van der Waals surface area contributed by atoms with Gasteiger partial charge in [0.15, 0.2) is 11.3 Å². The molecule has 5 aromatic rings. The summed E-state index contributed by atoms with van der Waals surface area (Å²) in [6.45, 7) is 3.95. The molecule has 0 aliphatic carbocycles. The van der Waals surface area contributed by atoms with Crippen molar-refractivity contribution in [1.29, 1.82) is 5.26 Å². The average Bonchev–Trinajstić information content (AvgIpc) is 3.49. The Balaban J connectivity index is 1.29. The minimum absolute atomic E-state index is 0.0696. The Morgan fingerprint density at radius 2 is 1.94 bits per heavy atom. The second kappa shape index (κ2) is 8.83. The molecule has 0 aliphatic rings. The van der Waals surface area contributed by atoms with Crippen molar-refractivity contribution < 1.29 is 13.2 Å². The third kappa shape index (κ3) is 4.25. The molecule has 3 aromatic heterocycles. The molecule has 36 heavy (non-hydrogen) atoms. The highest BCUT2D eigenvalue weighted by molar-refractivity contribution is 7.92. The summed E-state index contributed by atoms with van der Waals surface area (Å²) < 4.78 is 30.1. The topological polar surface area (TPSA) is 145 Å². The maximum absolute atomic E-state index is 13.0. The van der Waals surface area contributed by atoms with Gasteiger partial charge in [-0.1, -0.05) is 18.2 Å². The van der Waals surface area contributed by atoms with Gasteiger partial charge in [-0.05, 0) is 48.7 Å². The van der Waals surface area contributed by atoms with Crippen LogP contribution < -0.4 is 10.0 Å². The zero-order valence-electron chi connectivity index (χ0n) is 19.4. The number of aromatic nitrogens is 4. The SMILES string of the molecule is Cc1cnc2cc(C(=O)NCc3ccc(S(=O)(=O)Nc4ccc(C)c5c(C#N)c[nH]c45)cc3)nn2c1. The molecule has 0 spiro atoms. The highest BCUT2D eigenvalue weighted by Gasteiger charge is 2.18. The minimum atomic E-state index is -3.88. The number of carbonyl (C=O) groups is 1. The van der Waals surface area contributed by atoms with Crippen molar-refractivity contribution in [3.63, 3.8) is 0 Å². The molecule has 2 aromatic carbocycles. The fraction of sp³-hybridized carbons (Fsp3) is 0.120. The summed E-state index contributed by atoms with van der Waals surface area (Å²) in [6, 6.07) is 13.4. The predicted molar refractivity (Wildman–Crippen MR) is 134 cm³/mol. The van der Waals surface area contributed by atoms with Gasteiger partial charge in [0.2, 0.25) is 0 Å². The van der Waals surface area contributed by atoms with Crippen LogP contribution in [0.15, 0.2) is 66.0 Å². The highest BCUT2D eigenvalue weighted by atomic mass is 32.2. The van der Waals surface area contributed by atoms with Gasteiger partial charge < -0.3 is 10.3 Å². The van der Waals surface area contributed by atoms with E-state index in [1.54, 1.807) is 53.4 Å². The van der Waals surface area contributed by atoms with Crippen molar-refractivity contribution in [3.05, 3.63) is 89.0 Å². The number of aryl methyl sites for hydroxylation is 2. The lowest BCUT2D eigenvalue weighted by atomic mass is 10.1. The zero-order valence-corrected chi connectivity index (χ0v) is 20.2. The van der Waals surface area contributed by atoms with Crippen LogP contribution in [-0.4, -0.2) is 33.9 Å². The standard InChI is InChI=1S/C25H21N7O3S/c1-15-11-27-22-9-21(30-32(22)14-15)25(33)29-12-17-4-6-19(7-5-17)36(34,35)31-20-8-3-16(2)23-18(10-26)13-28-24(20)23/h3-9,11,13-14,28,31H,12H2,1-2H3,(H,29,33). The number of anilines is 1. The molecule has 180 valence electrons. The molecule has 10 nitrogen and oxygen atoms in total. The molecular weight excluding hydrogens is 478 g/mol. The van der Waals surface area contributed by atoms with Crippen LogP contribution >= 0.6 is 0 Å². The van der Waals surface area contributed by atoms with Crippen LogP contribution in [-0.2, 0) is 16.6 Å². The van der Waals surface area contributed by atoms with Crippen LogP contribution in [0.1, 0.15) is 32.7 Å². The lowest BCUT2D eigenvalue weighted by Gasteiger charge is -2.11. The van der Waals surface area contributed by atoms with E-state index in [-0.39, 0.29) is 23.0 Å². The fourth-order valence-electron chi connectivity index (χ4n) is 3.94. The van der Waals surface area contributed by atoms with Gasteiger partial charge in [0, 0.05) is 36.6 Å². The quantitative estimate of drug-likeness (QED) is 0.326. The molecule has 0 unspecified atom stereocenters. The van der Waals surface area contributed by atoms with E-state index < -0.39 is 10.0 Å². The van der Waals surface area contributed by atoms with E-state index in [0.717, 1.165) is 16.7 Å². The summed E-state index contributed by atoms with van der Waals surface area (Å²) in [5.41, 5.74) is 4.68. The number of hydrogen-bond donors (Lipinski definition) is 3. The number of rotatable bonds is 6. The first kappa shape index (κ1) is 23.1. The molecular formula is C25H21N7O3S.